The van der Waals surface area contributed by atoms with Gasteiger partial charge in [-0.3, -0.25) is 9.59 Å². The van der Waals surface area contributed by atoms with Crippen LogP contribution in [-0.2, 0) is 9.59 Å². The van der Waals surface area contributed by atoms with Crippen molar-refractivity contribution in [1.29, 1.82) is 0 Å². The van der Waals surface area contributed by atoms with Crippen LogP contribution in [0.5, 0.6) is 5.75 Å². The fourth-order valence-electron chi connectivity index (χ4n) is 5.37. The fourth-order valence-corrected chi connectivity index (χ4v) is 5.37. The number of para-hydroxylation sites is 1. The van der Waals surface area contributed by atoms with Gasteiger partial charge in [-0.25, -0.2) is 0 Å². The molecule has 2 aliphatic heterocycles. The zero-order chi connectivity index (χ0) is 21.8. The van der Waals surface area contributed by atoms with E-state index in [0.717, 1.165) is 44.4 Å². The highest BCUT2D eigenvalue weighted by Gasteiger charge is 2.49. The van der Waals surface area contributed by atoms with Gasteiger partial charge in [0.15, 0.2) is 0 Å². The maximum absolute atomic E-state index is 13.8. The molecule has 4 rings (SSSR count). The van der Waals surface area contributed by atoms with Gasteiger partial charge < -0.3 is 25.6 Å². The number of amides is 2. The second-order valence-electron chi connectivity index (χ2n) is 9.19. The molecule has 0 aromatic heterocycles. The Balaban J connectivity index is 1.51. The highest BCUT2D eigenvalue weighted by atomic mass is 16.5. The van der Waals surface area contributed by atoms with E-state index in [0.29, 0.717) is 6.54 Å². The maximum Gasteiger partial charge on any atom is 0.245 e. The normalized spacial score (nSPS) is 28.1. The molecule has 3 aliphatic rings. The number of rotatable bonds is 7. The number of likely N-dealkylation sites (tertiary alicyclic amines) is 1. The van der Waals surface area contributed by atoms with Gasteiger partial charge in [-0.2, -0.15) is 0 Å². The number of likely N-dealkylation sites (N-methyl/N-ethyl adjacent to an activating group) is 1. The molecule has 7 nitrogen and oxygen atoms in total. The smallest absolute Gasteiger partial charge is 0.245 e. The predicted octanol–water partition coefficient (Wildman–Crippen LogP) is 1.68. The van der Waals surface area contributed by atoms with Gasteiger partial charge in [-0.05, 0) is 51.3 Å². The van der Waals surface area contributed by atoms with Gasteiger partial charge in [0, 0.05) is 19.1 Å². The summed E-state index contributed by atoms with van der Waals surface area (Å²) >= 11 is 0. The summed E-state index contributed by atoms with van der Waals surface area (Å²) in [4.78, 5) is 28.5. The van der Waals surface area contributed by atoms with E-state index in [-0.39, 0.29) is 42.0 Å². The molecule has 0 bridgehead atoms. The molecule has 2 amide bonds. The van der Waals surface area contributed by atoms with Crippen LogP contribution in [0.4, 0.5) is 0 Å². The second-order valence-corrected chi connectivity index (χ2v) is 9.19. The molecule has 1 aromatic carbocycles. The Morgan fingerprint density at radius 2 is 1.87 bits per heavy atom. The molecule has 0 unspecified atom stereocenters. The molecule has 2 heterocycles. The summed E-state index contributed by atoms with van der Waals surface area (Å²) in [7, 11) is 1.77. The monoisotopic (exact) mass is 428 g/mol. The minimum absolute atomic E-state index is 0.00239. The van der Waals surface area contributed by atoms with Crippen LogP contribution in [0.25, 0.3) is 0 Å². The minimum atomic E-state index is -0.458. The number of carbonyl (C=O) groups is 2. The summed E-state index contributed by atoms with van der Waals surface area (Å²) in [5, 5.41) is 9.63. The number of fused-ring (bicyclic) bond motifs is 1. The van der Waals surface area contributed by atoms with E-state index in [1.54, 1.807) is 7.05 Å². The van der Waals surface area contributed by atoms with E-state index >= 15 is 0 Å². The topological polar surface area (TPSA) is 82.7 Å². The first kappa shape index (κ1) is 22.1. The molecule has 3 N–H and O–H groups in total. The van der Waals surface area contributed by atoms with Gasteiger partial charge in [-0.15, -0.1) is 0 Å². The quantitative estimate of drug-likeness (QED) is 0.616. The fraction of sp³-hybridized carbons (Fsp3) is 0.667. The Morgan fingerprint density at radius 3 is 2.58 bits per heavy atom. The Kier molecular flexibility index (Phi) is 7.13. The van der Waals surface area contributed by atoms with Crippen molar-refractivity contribution < 1.29 is 14.3 Å². The number of nitrogens with zero attached hydrogens (tertiary/aromatic N) is 1. The largest absolute Gasteiger partial charge is 0.487 e. The van der Waals surface area contributed by atoms with Gasteiger partial charge in [-0.1, -0.05) is 37.5 Å². The third-order valence-corrected chi connectivity index (χ3v) is 7.24. The average Bonchev–Trinajstić information content (AvgIpc) is 3.40. The van der Waals surface area contributed by atoms with Crippen molar-refractivity contribution >= 4 is 11.8 Å². The first-order valence-corrected chi connectivity index (χ1v) is 11.8. The number of ether oxygens (including phenoxy) is 1. The number of hydrogen-bond acceptors (Lipinski definition) is 5. The summed E-state index contributed by atoms with van der Waals surface area (Å²) in [6, 6.07) is 9.27. The van der Waals surface area contributed by atoms with Crippen LogP contribution in [0.15, 0.2) is 30.3 Å². The van der Waals surface area contributed by atoms with E-state index in [1.165, 1.54) is 6.42 Å². The molecule has 7 heteroatoms. The molecule has 5 atom stereocenters. The summed E-state index contributed by atoms with van der Waals surface area (Å²) in [5.74, 6) is 0.982. The molecule has 2 saturated heterocycles. The van der Waals surface area contributed by atoms with Gasteiger partial charge >= 0.3 is 0 Å². The number of carbonyl (C=O) groups excluding carboxylic acids is 2. The van der Waals surface area contributed by atoms with Gasteiger partial charge in [0.1, 0.15) is 17.9 Å². The van der Waals surface area contributed by atoms with Crippen LogP contribution in [0.2, 0.25) is 0 Å². The molecule has 1 aliphatic carbocycles. The zero-order valence-electron chi connectivity index (χ0n) is 18.7. The maximum atomic E-state index is 13.8. The first-order chi connectivity index (χ1) is 15.1. The van der Waals surface area contributed by atoms with Crippen molar-refractivity contribution in [3.63, 3.8) is 0 Å². The molecule has 0 spiro atoms. The van der Waals surface area contributed by atoms with Crippen LogP contribution in [0.3, 0.4) is 0 Å². The Hall–Kier alpha value is -2.12. The molecule has 0 radical (unpaired) electrons. The van der Waals surface area contributed by atoms with Gasteiger partial charge in [0.25, 0.3) is 0 Å². The Bertz CT molecular complexity index is 752. The minimum Gasteiger partial charge on any atom is -0.487 e. The number of nitrogens with one attached hydrogen (secondary N) is 3. The molecule has 31 heavy (non-hydrogen) atoms. The predicted molar refractivity (Wildman–Crippen MR) is 120 cm³/mol. The molecular formula is C24H36N4O3. The summed E-state index contributed by atoms with van der Waals surface area (Å²) in [6.45, 7) is 3.26. The van der Waals surface area contributed by atoms with E-state index in [4.69, 9.17) is 4.74 Å². The molecule has 3 fully saturated rings. The molecule has 1 aromatic rings. The van der Waals surface area contributed by atoms with Crippen molar-refractivity contribution in [1.82, 2.24) is 20.9 Å². The second kappa shape index (κ2) is 10.0. The van der Waals surface area contributed by atoms with Crippen molar-refractivity contribution in [3.8, 4) is 5.75 Å². The van der Waals surface area contributed by atoms with E-state index < -0.39 is 6.04 Å². The van der Waals surface area contributed by atoms with Gasteiger partial charge in [0.05, 0.1) is 12.1 Å². The van der Waals surface area contributed by atoms with E-state index in [9.17, 15) is 9.59 Å². The molecule has 170 valence electrons. The lowest BCUT2D eigenvalue weighted by Crippen LogP contribution is -2.58. The number of hydrogen-bond donors (Lipinski definition) is 3. The standard InChI is InChI=1S/C24H36N4O3/c1-16(25-2)23(29)27-21(17-9-5-3-6-10-17)24(30)28-14-13-19-22(28)20(15-26-19)31-18-11-7-4-8-12-18/h4,7-8,11-12,16-17,19-22,25-26H,3,5-6,9-10,13-15H2,1-2H3,(H,27,29)/t16-,19+,20-,21-,22-/m0/s1. The zero-order valence-corrected chi connectivity index (χ0v) is 18.7. The van der Waals surface area contributed by atoms with Gasteiger partial charge in [0.2, 0.25) is 11.8 Å². The highest BCUT2D eigenvalue weighted by molar-refractivity contribution is 5.90. The Labute approximate surface area is 185 Å². The van der Waals surface area contributed by atoms with Crippen molar-refractivity contribution in [2.45, 2.75) is 75.7 Å². The third kappa shape index (κ3) is 4.88. The molecule has 1 saturated carbocycles. The van der Waals surface area contributed by atoms with Crippen molar-refractivity contribution in [3.05, 3.63) is 30.3 Å². The lowest BCUT2D eigenvalue weighted by Gasteiger charge is -2.36. The van der Waals surface area contributed by atoms with Crippen LogP contribution in [0, 0.1) is 5.92 Å². The lowest BCUT2D eigenvalue weighted by molar-refractivity contribution is -0.140. The number of benzene rings is 1. The van der Waals surface area contributed by atoms with E-state index in [1.807, 2.05) is 42.2 Å². The van der Waals surface area contributed by atoms with Crippen LogP contribution in [-0.4, -0.2) is 67.1 Å². The summed E-state index contributed by atoms with van der Waals surface area (Å²) in [6.07, 6.45) is 6.28. The highest BCUT2D eigenvalue weighted by Crippen LogP contribution is 2.32. The van der Waals surface area contributed by atoms with Crippen LogP contribution < -0.4 is 20.7 Å². The first-order valence-electron chi connectivity index (χ1n) is 11.8. The summed E-state index contributed by atoms with van der Waals surface area (Å²) in [5.41, 5.74) is 0. The third-order valence-electron chi connectivity index (χ3n) is 7.24. The SMILES string of the molecule is CN[C@@H](C)C(=O)N[C@H](C(=O)N1CC[C@H]2NC[C@H](Oc3ccccc3)[C@H]21)C1CCCCC1. The molecular weight excluding hydrogens is 392 g/mol. The lowest BCUT2D eigenvalue weighted by atomic mass is 9.83. The van der Waals surface area contributed by atoms with Crippen LogP contribution in [0.1, 0.15) is 45.4 Å². The van der Waals surface area contributed by atoms with Crippen molar-refractivity contribution in [2.24, 2.45) is 5.92 Å². The van der Waals surface area contributed by atoms with E-state index in [2.05, 4.69) is 16.0 Å². The van der Waals surface area contributed by atoms with Crippen LogP contribution >= 0.6 is 0 Å². The average molecular weight is 429 g/mol. The Morgan fingerprint density at radius 1 is 1.13 bits per heavy atom. The van der Waals surface area contributed by atoms with Crippen molar-refractivity contribution in [2.75, 3.05) is 20.1 Å². The summed E-state index contributed by atoms with van der Waals surface area (Å²) < 4.78 is 6.28.